The lowest BCUT2D eigenvalue weighted by Gasteiger charge is -2.21. The molecule has 17 nitrogen and oxygen atoms in total. The minimum atomic E-state index is -4.94. The van der Waals surface area contributed by atoms with Gasteiger partial charge in [-0.15, -0.1) is 0 Å². The Bertz CT molecular complexity index is 1580. The zero-order valence-corrected chi connectivity index (χ0v) is 53.7. The van der Waals surface area contributed by atoms with Gasteiger partial charge in [0.2, 0.25) is 0 Å². The molecule has 0 aromatic rings. The molecule has 0 spiro atoms. The van der Waals surface area contributed by atoms with Gasteiger partial charge in [-0.05, 0) is 31.6 Å². The van der Waals surface area contributed by atoms with Gasteiger partial charge in [0.05, 0.1) is 26.4 Å². The van der Waals surface area contributed by atoms with E-state index in [-0.39, 0.29) is 25.7 Å². The number of hydrogen-bond acceptors (Lipinski definition) is 15. The highest BCUT2D eigenvalue weighted by atomic mass is 31.2. The number of phosphoric acid groups is 2. The van der Waals surface area contributed by atoms with Crippen LogP contribution in [-0.4, -0.2) is 96.7 Å². The first-order valence-corrected chi connectivity index (χ1v) is 35.6. The molecule has 3 N–H and O–H groups in total. The molecule has 0 saturated carbocycles. The molecule has 0 fully saturated rings. The molecule has 480 valence electrons. The third-order valence-electron chi connectivity index (χ3n) is 14.3. The van der Waals surface area contributed by atoms with Gasteiger partial charge in [0, 0.05) is 25.7 Å². The van der Waals surface area contributed by atoms with Crippen molar-refractivity contribution in [2.75, 3.05) is 39.6 Å². The number of phosphoric ester groups is 2. The first kappa shape index (κ1) is 79.1. The van der Waals surface area contributed by atoms with E-state index >= 15 is 0 Å². The van der Waals surface area contributed by atoms with Gasteiger partial charge in [-0.2, -0.15) is 0 Å². The predicted molar refractivity (Wildman–Crippen MR) is 322 cm³/mol. The van der Waals surface area contributed by atoms with Gasteiger partial charge in [0.15, 0.2) is 12.2 Å². The van der Waals surface area contributed by atoms with E-state index in [0.717, 1.165) is 89.9 Å². The summed E-state index contributed by atoms with van der Waals surface area (Å²) in [6, 6.07) is 0. The molecule has 0 aliphatic rings. The molecule has 0 radical (unpaired) electrons. The van der Waals surface area contributed by atoms with Crippen LogP contribution in [0.4, 0.5) is 0 Å². The van der Waals surface area contributed by atoms with Crippen LogP contribution in [0, 0.1) is 5.92 Å². The molecule has 19 heteroatoms. The fraction of sp³-hybridized carbons (Fsp3) is 0.935. The minimum Gasteiger partial charge on any atom is -0.462 e. The van der Waals surface area contributed by atoms with Crippen molar-refractivity contribution < 1.29 is 80.2 Å². The maximum absolute atomic E-state index is 12.9. The lowest BCUT2D eigenvalue weighted by molar-refractivity contribution is -0.161. The predicted octanol–water partition coefficient (Wildman–Crippen LogP) is 17.0. The van der Waals surface area contributed by atoms with Crippen molar-refractivity contribution in [2.24, 2.45) is 5.92 Å². The summed E-state index contributed by atoms with van der Waals surface area (Å²) >= 11 is 0. The van der Waals surface area contributed by atoms with Crippen molar-refractivity contribution >= 4 is 39.5 Å². The number of carbonyl (C=O) groups excluding carboxylic acids is 4. The molecule has 0 aliphatic carbocycles. The van der Waals surface area contributed by atoms with Crippen LogP contribution in [0.2, 0.25) is 0 Å². The van der Waals surface area contributed by atoms with Crippen LogP contribution < -0.4 is 0 Å². The summed E-state index contributed by atoms with van der Waals surface area (Å²) in [4.78, 5) is 72.0. The summed E-state index contributed by atoms with van der Waals surface area (Å²) in [6.45, 7) is 7.10. The summed E-state index contributed by atoms with van der Waals surface area (Å²) in [5, 5.41) is 10.5. The summed E-state index contributed by atoms with van der Waals surface area (Å²) in [7, 11) is -9.88. The van der Waals surface area contributed by atoms with Crippen molar-refractivity contribution in [1.82, 2.24) is 0 Å². The number of aliphatic hydroxyl groups is 1. The molecule has 0 rings (SSSR count). The normalized spacial score (nSPS) is 14.3. The highest BCUT2D eigenvalue weighted by Crippen LogP contribution is 2.45. The summed E-state index contributed by atoms with van der Waals surface area (Å²) < 4.78 is 67.9. The Morgan fingerprint density at radius 3 is 0.840 bits per heavy atom. The number of hydrogen-bond donors (Lipinski definition) is 3. The van der Waals surface area contributed by atoms with Crippen molar-refractivity contribution in [3.8, 4) is 0 Å². The van der Waals surface area contributed by atoms with E-state index in [2.05, 4.69) is 34.6 Å². The molecule has 2 unspecified atom stereocenters. The van der Waals surface area contributed by atoms with Crippen molar-refractivity contribution in [3.05, 3.63) is 0 Å². The van der Waals surface area contributed by atoms with E-state index in [1.165, 1.54) is 135 Å². The van der Waals surface area contributed by atoms with Crippen LogP contribution in [-0.2, 0) is 65.4 Å². The van der Waals surface area contributed by atoms with Gasteiger partial charge in [0.1, 0.15) is 19.3 Å². The number of carbonyl (C=O) groups is 4. The van der Waals surface area contributed by atoms with E-state index in [1.807, 2.05) is 0 Å². The first-order chi connectivity index (χ1) is 39.0. The van der Waals surface area contributed by atoms with Gasteiger partial charge < -0.3 is 33.8 Å². The highest BCUT2D eigenvalue weighted by Gasteiger charge is 2.30. The first-order valence-electron chi connectivity index (χ1n) is 32.6. The fourth-order valence-electron chi connectivity index (χ4n) is 9.23. The fourth-order valence-corrected chi connectivity index (χ4v) is 10.8. The Balaban J connectivity index is 5.23. The van der Waals surface area contributed by atoms with Crippen LogP contribution in [0.15, 0.2) is 0 Å². The average Bonchev–Trinajstić information content (AvgIpc) is 3.43. The van der Waals surface area contributed by atoms with Crippen LogP contribution in [0.1, 0.15) is 311 Å². The Morgan fingerprint density at radius 2 is 0.568 bits per heavy atom. The summed E-state index contributed by atoms with van der Waals surface area (Å²) in [6.07, 6.45) is 38.9. The second-order valence-electron chi connectivity index (χ2n) is 22.9. The molecule has 0 aromatic carbocycles. The van der Waals surface area contributed by atoms with E-state index in [1.54, 1.807) is 0 Å². The van der Waals surface area contributed by atoms with Gasteiger partial charge in [-0.3, -0.25) is 37.3 Å². The average molecular weight is 1200 g/mol. The van der Waals surface area contributed by atoms with Gasteiger partial charge in [-0.1, -0.05) is 259 Å². The summed E-state index contributed by atoms with van der Waals surface area (Å²) in [5.74, 6) is -1.44. The Kier molecular flexibility index (Phi) is 54.6. The minimum absolute atomic E-state index is 0.104. The molecule has 0 amide bonds. The Labute approximate surface area is 492 Å². The van der Waals surface area contributed by atoms with E-state index in [4.69, 9.17) is 37.0 Å². The zero-order chi connectivity index (χ0) is 59.9. The second-order valence-corrected chi connectivity index (χ2v) is 25.8. The quantitative estimate of drug-likeness (QED) is 0.0222. The van der Waals surface area contributed by atoms with Gasteiger partial charge in [0.25, 0.3) is 0 Å². The number of ether oxygens (including phenoxy) is 4. The standard InChI is InChI=1S/C62H120O17P2/c1-6-9-12-15-18-21-23-26-31-36-41-46-60(65)73-51-57(78-61(66)47-42-37-32-27-24-22-19-16-13-10-7-2)53-76-80(68,69)74-49-56(63)50-75-81(70,71)77-54-58(52-72-59(64)45-40-35-30-25-20-17-14-11-8-3)79-62(67)48-43-38-33-28-29-34-39-44-55(4)5/h55-58,63H,6-54H2,1-5H3,(H,68,69)(H,70,71)/t56-,57-,58-/m1/s1. The molecule has 0 aliphatic heterocycles. The van der Waals surface area contributed by atoms with Crippen molar-refractivity contribution in [2.45, 2.75) is 329 Å². The number of esters is 4. The van der Waals surface area contributed by atoms with E-state index in [9.17, 15) is 43.2 Å². The molecular formula is C62H120O17P2. The molecule has 5 atom stereocenters. The SMILES string of the molecule is CCCCCCCCCCCCCC(=O)OC[C@H](COP(=O)(O)OC[C@@H](O)COP(=O)(O)OC[C@@H](COC(=O)CCCCCCCCCCC)OC(=O)CCCCCCCCCC(C)C)OC(=O)CCCCCCCCCCCCC. The highest BCUT2D eigenvalue weighted by molar-refractivity contribution is 7.47. The molecular weight excluding hydrogens is 1080 g/mol. The smallest absolute Gasteiger partial charge is 0.462 e. The molecule has 0 bridgehead atoms. The van der Waals surface area contributed by atoms with Crippen LogP contribution in [0.3, 0.4) is 0 Å². The molecule has 0 heterocycles. The second kappa shape index (κ2) is 55.9. The van der Waals surface area contributed by atoms with E-state index in [0.29, 0.717) is 31.6 Å². The molecule has 0 saturated heterocycles. The lowest BCUT2D eigenvalue weighted by atomic mass is 10.0. The lowest BCUT2D eigenvalue weighted by Crippen LogP contribution is -2.30. The molecule has 81 heavy (non-hydrogen) atoms. The van der Waals surface area contributed by atoms with Crippen LogP contribution >= 0.6 is 15.6 Å². The third-order valence-corrected chi connectivity index (χ3v) is 16.2. The number of aliphatic hydroxyl groups excluding tert-OH is 1. The maximum atomic E-state index is 12.9. The largest absolute Gasteiger partial charge is 0.472 e. The maximum Gasteiger partial charge on any atom is 0.472 e. The van der Waals surface area contributed by atoms with Crippen LogP contribution in [0.5, 0.6) is 0 Å². The number of unbranched alkanes of at least 4 members (excludes halogenated alkanes) is 34. The van der Waals surface area contributed by atoms with Crippen LogP contribution in [0.25, 0.3) is 0 Å². The zero-order valence-electron chi connectivity index (χ0n) is 51.9. The van der Waals surface area contributed by atoms with Gasteiger partial charge in [-0.25, -0.2) is 9.13 Å². The van der Waals surface area contributed by atoms with Crippen molar-refractivity contribution in [3.63, 3.8) is 0 Å². The Morgan fingerprint density at radius 1 is 0.333 bits per heavy atom. The van der Waals surface area contributed by atoms with E-state index < -0.39 is 97.5 Å². The third kappa shape index (κ3) is 56.9. The van der Waals surface area contributed by atoms with Gasteiger partial charge >= 0.3 is 39.5 Å². The molecule has 0 aromatic heterocycles. The number of rotatable bonds is 62. The Hall–Kier alpha value is -1.94. The summed E-state index contributed by atoms with van der Waals surface area (Å²) in [5.41, 5.74) is 0. The van der Waals surface area contributed by atoms with Crippen molar-refractivity contribution in [1.29, 1.82) is 0 Å². The monoisotopic (exact) mass is 1200 g/mol. The topological polar surface area (TPSA) is 237 Å².